The predicted molar refractivity (Wildman–Crippen MR) is 76.2 cm³/mol. The minimum Gasteiger partial charge on any atom is -0.296 e. The molecule has 4 nitrogen and oxygen atoms in total. The van der Waals surface area contributed by atoms with Crippen LogP contribution >= 0.6 is 0 Å². The second-order valence-corrected chi connectivity index (χ2v) is 5.88. The molecular formula is C16H22O4. The maximum atomic E-state index is 12.0. The van der Waals surface area contributed by atoms with Crippen LogP contribution < -0.4 is 0 Å². The highest BCUT2D eigenvalue weighted by Crippen LogP contribution is 2.24. The molecule has 0 aliphatic heterocycles. The van der Waals surface area contributed by atoms with Crippen molar-refractivity contribution in [3.05, 3.63) is 35.9 Å². The summed E-state index contributed by atoms with van der Waals surface area (Å²) in [6.45, 7) is 8.06. The molecule has 1 aromatic rings. The minimum atomic E-state index is -1.59. The van der Waals surface area contributed by atoms with Gasteiger partial charge in [0.05, 0.1) is 5.60 Å². The lowest BCUT2D eigenvalue weighted by atomic mass is 9.87. The van der Waals surface area contributed by atoms with Crippen molar-refractivity contribution >= 4 is 11.6 Å². The van der Waals surface area contributed by atoms with Crippen molar-refractivity contribution in [1.29, 1.82) is 0 Å². The van der Waals surface area contributed by atoms with Crippen molar-refractivity contribution in [2.24, 2.45) is 0 Å². The third-order valence-electron chi connectivity index (χ3n) is 2.87. The maximum Gasteiger partial charge on any atom is 0.222 e. The normalized spacial score (nSPS) is 12.2. The Balaban J connectivity index is 3.06. The van der Waals surface area contributed by atoms with Crippen molar-refractivity contribution in [1.82, 2.24) is 0 Å². The van der Waals surface area contributed by atoms with E-state index in [0.29, 0.717) is 0 Å². The van der Waals surface area contributed by atoms with Crippen molar-refractivity contribution < 1.29 is 19.4 Å². The van der Waals surface area contributed by atoms with Crippen LogP contribution in [0.5, 0.6) is 0 Å². The van der Waals surface area contributed by atoms with Gasteiger partial charge in [-0.05, 0) is 40.2 Å². The van der Waals surface area contributed by atoms with Gasteiger partial charge in [0.15, 0.2) is 11.6 Å². The van der Waals surface area contributed by atoms with E-state index in [0.717, 1.165) is 5.56 Å². The Hall–Kier alpha value is -1.52. The number of Topliss-reactive ketones (excluding diaryl/α,β-unsaturated/α-hetero) is 2. The number of rotatable bonds is 6. The van der Waals surface area contributed by atoms with E-state index in [4.69, 9.17) is 9.78 Å². The van der Waals surface area contributed by atoms with Crippen LogP contribution in [-0.2, 0) is 25.8 Å². The van der Waals surface area contributed by atoms with Gasteiger partial charge in [-0.1, -0.05) is 30.3 Å². The van der Waals surface area contributed by atoms with Crippen molar-refractivity contribution in [2.75, 3.05) is 0 Å². The number of carbonyl (C=O) groups excluding carboxylic acids is 2. The Kier molecular flexibility index (Phi) is 5.20. The largest absolute Gasteiger partial charge is 0.296 e. The zero-order chi connectivity index (χ0) is 15.4. The second kappa shape index (κ2) is 6.29. The van der Waals surface area contributed by atoms with Crippen LogP contribution in [0.4, 0.5) is 0 Å². The Labute approximate surface area is 120 Å². The van der Waals surface area contributed by atoms with E-state index in [1.165, 1.54) is 13.8 Å². The number of ketones is 2. The average Bonchev–Trinajstić information content (AvgIpc) is 2.34. The summed E-state index contributed by atoms with van der Waals surface area (Å²) in [6, 6.07) is 9.28. The zero-order valence-corrected chi connectivity index (χ0v) is 12.7. The highest BCUT2D eigenvalue weighted by atomic mass is 17.2. The van der Waals surface area contributed by atoms with Gasteiger partial charge < -0.3 is 0 Å². The molecule has 110 valence electrons. The van der Waals surface area contributed by atoms with Gasteiger partial charge in [-0.15, -0.1) is 0 Å². The molecule has 0 saturated carbocycles. The molecule has 0 bridgehead atoms. The van der Waals surface area contributed by atoms with Crippen LogP contribution in [0, 0.1) is 0 Å². The van der Waals surface area contributed by atoms with Crippen LogP contribution in [0.3, 0.4) is 0 Å². The molecule has 0 saturated heterocycles. The predicted octanol–water partition coefficient (Wildman–Crippen LogP) is 2.89. The number of hydrogen-bond donors (Lipinski definition) is 0. The molecule has 1 aromatic carbocycles. The van der Waals surface area contributed by atoms with Gasteiger partial charge >= 0.3 is 0 Å². The highest BCUT2D eigenvalue weighted by Gasteiger charge is 2.44. The van der Waals surface area contributed by atoms with Gasteiger partial charge in [0, 0.05) is 6.42 Å². The fourth-order valence-electron chi connectivity index (χ4n) is 1.72. The van der Waals surface area contributed by atoms with E-state index < -0.39 is 11.2 Å². The van der Waals surface area contributed by atoms with Gasteiger partial charge in [0.2, 0.25) is 5.60 Å². The summed E-state index contributed by atoms with van der Waals surface area (Å²) in [5.74, 6) is -0.726. The number of carbonyl (C=O) groups is 2. The molecule has 0 unspecified atom stereocenters. The lowest BCUT2D eigenvalue weighted by molar-refractivity contribution is -0.383. The Morgan fingerprint density at radius 1 is 0.950 bits per heavy atom. The summed E-state index contributed by atoms with van der Waals surface area (Å²) in [5.41, 5.74) is -1.35. The first-order chi connectivity index (χ1) is 9.17. The van der Waals surface area contributed by atoms with Gasteiger partial charge in [-0.2, -0.15) is 0 Å². The fourth-order valence-corrected chi connectivity index (χ4v) is 1.72. The van der Waals surface area contributed by atoms with Gasteiger partial charge in [-0.3, -0.25) is 9.59 Å². The first-order valence-corrected chi connectivity index (χ1v) is 6.60. The summed E-state index contributed by atoms with van der Waals surface area (Å²) in [5, 5.41) is 0. The molecule has 0 amide bonds. The van der Waals surface area contributed by atoms with E-state index in [-0.39, 0.29) is 18.0 Å². The van der Waals surface area contributed by atoms with E-state index >= 15 is 0 Å². The van der Waals surface area contributed by atoms with E-state index in [1.54, 1.807) is 20.8 Å². The molecule has 0 aromatic heterocycles. The number of hydrogen-bond acceptors (Lipinski definition) is 4. The van der Waals surface area contributed by atoms with Crippen molar-refractivity contribution in [2.45, 2.75) is 52.2 Å². The zero-order valence-electron chi connectivity index (χ0n) is 12.7. The van der Waals surface area contributed by atoms with Crippen molar-refractivity contribution in [3.8, 4) is 0 Å². The van der Waals surface area contributed by atoms with Gasteiger partial charge in [0.25, 0.3) is 0 Å². The molecule has 0 heterocycles. The van der Waals surface area contributed by atoms with Crippen molar-refractivity contribution in [3.63, 3.8) is 0 Å². The van der Waals surface area contributed by atoms with Crippen LogP contribution in [0.25, 0.3) is 0 Å². The lowest BCUT2D eigenvalue weighted by Crippen LogP contribution is -2.50. The van der Waals surface area contributed by atoms with Crippen LogP contribution in [0.15, 0.2) is 30.3 Å². The monoisotopic (exact) mass is 278 g/mol. The summed E-state index contributed by atoms with van der Waals surface area (Å²) in [6.07, 6.45) is 0.161. The molecule has 0 radical (unpaired) electrons. The molecule has 0 aliphatic carbocycles. The Bertz CT molecular complexity index is 457. The summed E-state index contributed by atoms with van der Waals surface area (Å²) in [4.78, 5) is 34.6. The van der Waals surface area contributed by atoms with Crippen LogP contribution in [0.2, 0.25) is 0 Å². The van der Waals surface area contributed by atoms with Gasteiger partial charge in [0.1, 0.15) is 0 Å². The third kappa shape index (κ3) is 4.25. The number of benzene rings is 1. The fraction of sp³-hybridized carbons (Fsp3) is 0.500. The molecule has 0 N–H and O–H groups in total. The second-order valence-electron chi connectivity index (χ2n) is 5.88. The first-order valence-electron chi connectivity index (χ1n) is 6.60. The minimum absolute atomic E-state index is 0.161. The Morgan fingerprint density at radius 3 is 1.85 bits per heavy atom. The SMILES string of the molecule is CC(=O)C(Cc1ccccc1)(OOC(C)(C)C)C(C)=O. The average molecular weight is 278 g/mol. The summed E-state index contributed by atoms with van der Waals surface area (Å²) < 4.78 is 0. The maximum absolute atomic E-state index is 12.0. The molecule has 1 rings (SSSR count). The smallest absolute Gasteiger partial charge is 0.222 e. The first kappa shape index (κ1) is 16.5. The quantitative estimate of drug-likeness (QED) is 0.456. The van der Waals surface area contributed by atoms with E-state index in [2.05, 4.69) is 0 Å². The van der Waals surface area contributed by atoms with Crippen LogP contribution in [0.1, 0.15) is 40.2 Å². The summed E-state index contributed by atoms with van der Waals surface area (Å²) in [7, 11) is 0. The van der Waals surface area contributed by atoms with E-state index in [1.807, 2.05) is 30.3 Å². The molecule has 0 spiro atoms. The lowest BCUT2D eigenvalue weighted by Gasteiger charge is -2.30. The molecule has 0 aliphatic rings. The molecule has 4 heteroatoms. The highest BCUT2D eigenvalue weighted by molar-refractivity contribution is 6.08. The van der Waals surface area contributed by atoms with Gasteiger partial charge in [-0.25, -0.2) is 9.78 Å². The molecule has 0 atom stereocenters. The molecule has 0 fully saturated rings. The van der Waals surface area contributed by atoms with E-state index in [9.17, 15) is 9.59 Å². The topological polar surface area (TPSA) is 52.6 Å². The molecule has 20 heavy (non-hydrogen) atoms. The standard InChI is InChI=1S/C16H22O4/c1-12(17)16(13(2)18,20-19-15(3,4)5)11-14-9-7-6-8-10-14/h6-10H,11H2,1-5H3. The molecular weight excluding hydrogens is 256 g/mol. The van der Waals surface area contributed by atoms with Crippen LogP contribution in [-0.4, -0.2) is 22.8 Å². The summed E-state index contributed by atoms with van der Waals surface area (Å²) >= 11 is 0. The Morgan fingerprint density at radius 2 is 1.45 bits per heavy atom. The third-order valence-corrected chi connectivity index (χ3v) is 2.87.